The van der Waals surface area contributed by atoms with E-state index in [9.17, 15) is 9.59 Å². The van der Waals surface area contributed by atoms with E-state index in [1.807, 2.05) is 84.9 Å². The molecule has 6 rings (SSSR count). The SMILES string of the molecule is NC(Cc1ccc(OCc2ccccc2)cc1)C(=O)N1Cc2ccccc2CC1C(=O)N[C@@H]1CCCc2ccccc21. The van der Waals surface area contributed by atoms with Crippen LogP contribution in [-0.4, -0.2) is 28.8 Å². The Bertz CT molecular complexity index is 1540. The number of aryl methyl sites for hydroxylation is 1. The van der Waals surface area contributed by atoms with Crippen molar-refractivity contribution < 1.29 is 14.3 Å². The molecule has 2 amide bonds. The van der Waals surface area contributed by atoms with E-state index in [1.54, 1.807) is 4.90 Å². The maximum absolute atomic E-state index is 13.8. The molecular formula is C36H37N3O3. The van der Waals surface area contributed by atoms with Gasteiger partial charge >= 0.3 is 0 Å². The highest BCUT2D eigenvalue weighted by atomic mass is 16.5. The normalized spacial score (nSPS) is 18.4. The molecule has 4 aromatic rings. The fourth-order valence-corrected chi connectivity index (χ4v) is 6.18. The summed E-state index contributed by atoms with van der Waals surface area (Å²) in [6.07, 6.45) is 3.80. The topological polar surface area (TPSA) is 84.7 Å². The third-order valence-corrected chi connectivity index (χ3v) is 8.46. The monoisotopic (exact) mass is 559 g/mol. The Morgan fingerprint density at radius 1 is 0.833 bits per heavy atom. The van der Waals surface area contributed by atoms with Crippen molar-refractivity contribution in [1.29, 1.82) is 0 Å². The van der Waals surface area contributed by atoms with Gasteiger partial charge in [0.05, 0.1) is 12.1 Å². The first kappa shape index (κ1) is 27.7. The van der Waals surface area contributed by atoms with Crippen LogP contribution in [0.1, 0.15) is 52.3 Å². The molecule has 2 aliphatic rings. The van der Waals surface area contributed by atoms with Gasteiger partial charge in [0, 0.05) is 13.0 Å². The standard InChI is InChI=1S/C36H37N3O3/c37-32(21-25-17-19-30(20-18-25)42-24-26-9-2-1-3-10-26)36(41)39-23-29-13-5-4-12-28(29)22-34(39)35(40)38-33-16-8-14-27-11-6-7-15-31(27)33/h1-7,9-13,15,17-20,32-34H,8,14,16,21-24,37H2,(H,38,40)/t32?,33-,34?/m1/s1. The summed E-state index contributed by atoms with van der Waals surface area (Å²) in [5, 5.41) is 3.29. The molecule has 42 heavy (non-hydrogen) atoms. The van der Waals surface area contributed by atoms with Crippen LogP contribution in [0, 0.1) is 0 Å². The Hall–Kier alpha value is -4.42. The van der Waals surface area contributed by atoms with Gasteiger partial charge in [0.15, 0.2) is 0 Å². The fourth-order valence-electron chi connectivity index (χ4n) is 6.18. The maximum atomic E-state index is 13.8. The van der Waals surface area contributed by atoms with Crippen molar-refractivity contribution in [2.24, 2.45) is 5.73 Å². The third-order valence-electron chi connectivity index (χ3n) is 8.46. The number of ether oxygens (including phenoxy) is 1. The quantitative estimate of drug-likeness (QED) is 0.308. The van der Waals surface area contributed by atoms with Crippen LogP contribution in [0.25, 0.3) is 0 Å². The molecule has 3 N–H and O–H groups in total. The largest absolute Gasteiger partial charge is 0.489 e. The van der Waals surface area contributed by atoms with E-state index in [2.05, 4.69) is 23.5 Å². The molecule has 0 aromatic heterocycles. The van der Waals surface area contributed by atoms with E-state index < -0.39 is 12.1 Å². The lowest BCUT2D eigenvalue weighted by Crippen LogP contribution is -2.57. The number of carbonyl (C=O) groups excluding carboxylic acids is 2. The van der Waals surface area contributed by atoms with Gasteiger partial charge in [-0.3, -0.25) is 9.59 Å². The maximum Gasteiger partial charge on any atom is 0.243 e. The van der Waals surface area contributed by atoms with Crippen LogP contribution in [0.15, 0.2) is 103 Å². The van der Waals surface area contributed by atoms with Crippen molar-refractivity contribution in [2.45, 2.75) is 63.4 Å². The van der Waals surface area contributed by atoms with Crippen LogP contribution in [0.3, 0.4) is 0 Å². The highest BCUT2D eigenvalue weighted by Crippen LogP contribution is 2.31. The number of amides is 2. The number of nitrogens with one attached hydrogen (secondary N) is 1. The number of carbonyl (C=O) groups is 2. The van der Waals surface area contributed by atoms with Gasteiger partial charge in [-0.15, -0.1) is 0 Å². The third kappa shape index (κ3) is 6.24. The molecule has 1 aliphatic carbocycles. The molecule has 6 nitrogen and oxygen atoms in total. The summed E-state index contributed by atoms with van der Waals surface area (Å²) in [6, 6.07) is 32.7. The second-order valence-corrected chi connectivity index (χ2v) is 11.3. The lowest BCUT2D eigenvalue weighted by atomic mass is 9.87. The zero-order chi connectivity index (χ0) is 28.9. The van der Waals surface area contributed by atoms with Crippen LogP contribution < -0.4 is 15.8 Å². The summed E-state index contributed by atoms with van der Waals surface area (Å²) in [5.74, 6) is 0.431. The summed E-state index contributed by atoms with van der Waals surface area (Å²) in [6.45, 7) is 0.860. The van der Waals surface area contributed by atoms with Crippen LogP contribution >= 0.6 is 0 Å². The predicted molar refractivity (Wildman–Crippen MR) is 164 cm³/mol. The van der Waals surface area contributed by atoms with Crippen LogP contribution in [0.5, 0.6) is 5.75 Å². The minimum Gasteiger partial charge on any atom is -0.489 e. The molecule has 0 saturated heterocycles. The average Bonchev–Trinajstić information content (AvgIpc) is 3.04. The molecule has 4 aromatic carbocycles. The molecule has 214 valence electrons. The molecule has 0 radical (unpaired) electrons. The molecular weight excluding hydrogens is 522 g/mol. The van der Waals surface area contributed by atoms with E-state index in [-0.39, 0.29) is 17.9 Å². The number of rotatable bonds is 8. The second-order valence-electron chi connectivity index (χ2n) is 11.3. The highest BCUT2D eigenvalue weighted by molar-refractivity contribution is 5.91. The Morgan fingerprint density at radius 3 is 2.31 bits per heavy atom. The Labute approximate surface area is 247 Å². The van der Waals surface area contributed by atoms with E-state index in [0.717, 1.165) is 47.3 Å². The molecule has 2 unspecified atom stereocenters. The molecule has 1 aliphatic heterocycles. The summed E-state index contributed by atoms with van der Waals surface area (Å²) < 4.78 is 5.90. The first-order valence-corrected chi connectivity index (χ1v) is 14.8. The smallest absolute Gasteiger partial charge is 0.243 e. The predicted octanol–water partition coefficient (Wildman–Crippen LogP) is 5.28. The van der Waals surface area contributed by atoms with Crippen LogP contribution in [0.2, 0.25) is 0 Å². The fraction of sp³-hybridized carbons (Fsp3) is 0.278. The molecule has 0 spiro atoms. The molecule has 0 bridgehead atoms. The minimum absolute atomic E-state index is 0.0483. The van der Waals surface area contributed by atoms with Crippen molar-refractivity contribution in [3.05, 3.63) is 137 Å². The van der Waals surface area contributed by atoms with Crippen molar-refractivity contribution in [3.8, 4) is 5.75 Å². The summed E-state index contributed by atoms with van der Waals surface area (Å²) in [7, 11) is 0. The average molecular weight is 560 g/mol. The number of nitrogens with zero attached hydrogens (tertiary/aromatic N) is 1. The van der Waals surface area contributed by atoms with Crippen molar-refractivity contribution in [3.63, 3.8) is 0 Å². The van der Waals surface area contributed by atoms with Gasteiger partial charge in [0.2, 0.25) is 11.8 Å². The van der Waals surface area contributed by atoms with Crippen molar-refractivity contribution >= 4 is 11.8 Å². The van der Waals surface area contributed by atoms with Gasteiger partial charge in [0.1, 0.15) is 18.4 Å². The molecule has 6 heteroatoms. The highest BCUT2D eigenvalue weighted by Gasteiger charge is 2.37. The number of fused-ring (bicyclic) bond motifs is 2. The van der Waals surface area contributed by atoms with Gasteiger partial charge in [0.25, 0.3) is 0 Å². The number of hydrogen-bond donors (Lipinski definition) is 2. The first-order valence-electron chi connectivity index (χ1n) is 14.8. The molecule has 1 heterocycles. The van der Waals surface area contributed by atoms with Crippen molar-refractivity contribution in [1.82, 2.24) is 10.2 Å². The van der Waals surface area contributed by atoms with Gasteiger partial charge < -0.3 is 20.7 Å². The van der Waals surface area contributed by atoms with E-state index in [0.29, 0.717) is 26.0 Å². The molecule has 0 saturated carbocycles. The Balaban J connectivity index is 1.14. The minimum atomic E-state index is -0.767. The Kier molecular flexibility index (Phi) is 8.33. The van der Waals surface area contributed by atoms with E-state index in [4.69, 9.17) is 10.5 Å². The van der Waals surface area contributed by atoms with E-state index in [1.165, 1.54) is 11.1 Å². The summed E-state index contributed by atoms with van der Waals surface area (Å²) >= 11 is 0. The number of hydrogen-bond acceptors (Lipinski definition) is 4. The van der Waals surface area contributed by atoms with Gasteiger partial charge in [-0.2, -0.15) is 0 Å². The molecule has 3 atom stereocenters. The summed E-state index contributed by atoms with van der Waals surface area (Å²) in [5.41, 5.74) is 13.2. The lowest BCUT2D eigenvalue weighted by molar-refractivity contribution is -0.143. The zero-order valence-corrected chi connectivity index (χ0v) is 23.7. The van der Waals surface area contributed by atoms with Gasteiger partial charge in [-0.05, 0) is 71.2 Å². The lowest BCUT2D eigenvalue weighted by Gasteiger charge is -2.38. The number of nitrogens with two attached hydrogens (primary N) is 1. The Morgan fingerprint density at radius 2 is 1.52 bits per heavy atom. The van der Waals surface area contributed by atoms with Gasteiger partial charge in [-0.1, -0.05) is 91.0 Å². The second kappa shape index (κ2) is 12.6. The van der Waals surface area contributed by atoms with Crippen LogP contribution in [-0.2, 0) is 42.0 Å². The first-order chi connectivity index (χ1) is 20.5. The number of benzene rings is 4. The van der Waals surface area contributed by atoms with Crippen molar-refractivity contribution in [2.75, 3.05) is 0 Å². The van der Waals surface area contributed by atoms with E-state index >= 15 is 0 Å². The zero-order valence-electron chi connectivity index (χ0n) is 23.7. The summed E-state index contributed by atoms with van der Waals surface area (Å²) in [4.78, 5) is 29.4. The van der Waals surface area contributed by atoms with Crippen LogP contribution in [0.4, 0.5) is 0 Å². The van der Waals surface area contributed by atoms with Gasteiger partial charge in [-0.25, -0.2) is 0 Å². The molecule has 0 fully saturated rings.